The third-order valence-electron chi connectivity index (χ3n) is 2.40. The van der Waals surface area contributed by atoms with Crippen LogP contribution in [0.1, 0.15) is 5.56 Å². The van der Waals surface area contributed by atoms with Gasteiger partial charge in [-0.1, -0.05) is 28.1 Å². The fourth-order valence-electron chi connectivity index (χ4n) is 1.49. The number of nitrogens with one attached hydrogen (secondary N) is 1. The van der Waals surface area contributed by atoms with Crippen molar-refractivity contribution >= 4 is 43.4 Å². The molecule has 0 unspecified atom stereocenters. The maximum absolute atomic E-state index is 10.9. The van der Waals surface area contributed by atoms with Gasteiger partial charge in [0.05, 0.1) is 4.92 Å². The Labute approximate surface area is 126 Å². The lowest BCUT2D eigenvalue weighted by Gasteiger charge is -2.06. The van der Waals surface area contributed by atoms with Crippen molar-refractivity contribution in [3.8, 4) is 0 Å². The highest BCUT2D eigenvalue weighted by Crippen LogP contribution is 2.25. The van der Waals surface area contributed by atoms with E-state index in [1.807, 2.05) is 24.3 Å². The normalized spacial score (nSPS) is 10.2. The van der Waals surface area contributed by atoms with Crippen molar-refractivity contribution in [2.24, 2.45) is 0 Å². The highest BCUT2D eigenvalue weighted by molar-refractivity contribution is 9.10. The van der Waals surface area contributed by atoms with Crippen LogP contribution >= 0.6 is 31.9 Å². The van der Waals surface area contributed by atoms with Crippen LogP contribution in [0.15, 0.2) is 45.5 Å². The first-order chi connectivity index (χ1) is 9.06. The van der Waals surface area contributed by atoms with Gasteiger partial charge in [0.25, 0.3) is 0 Å². The van der Waals surface area contributed by atoms with E-state index in [4.69, 9.17) is 0 Å². The second-order valence-corrected chi connectivity index (χ2v) is 5.59. The fourth-order valence-corrected chi connectivity index (χ4v) is 2.08. The van der Waals surface area contributed by atoms with Gasteiger partial charge in [0, 0.05) is 27.8 Å². The minimum Gasteiger partial charge on any atom is -0.360 e. The summed E-state index contributed by atoms with van der Waals surface area (Å²) in [4.78, 5) is 14.5. The van der Waals surface area contributed by atoms with Crippen LogP contribution in [-0.2, 0) is 6.54 Å². The average Bonchev–Trinajstić information content (AvgIpc) is 2.39. The third kappa shape index (κ3) is 3.74. The van der Waals surface area contributed by atoms with Crippen molar-refractivity contribution in [3.05, 3.63) is 61.2 Å². The molecule has 2 aromatic rings. The zero-order valence-electron chi connectivity index (χ0n) is 9.64. The molecule has 0 saturated carbocycles. The van der Waals surface area contributed by atoms with Gasteiger partial charge in [-0.3, -0.25) is 10.1 Å². The van der Waals surface area contributed by atoms with E-state index in [-0.39, 0.29) is 11.5 Å². The van der Waals surface area contributed by atoms with Crippen LogP contribution in [-0.4, -0.2) is 9.91 Å². The van der Waals surface area contributed by atoms with E-state index in [0.29, 0.717) is 11.0 Å². The Morgan fingerprint density at radius 1 is 1.21 bits per heavy atom. The Morgan fingerprint density at radius 3 is 2.53 bits per heavy atom. The van der Waals surface area contributed by atoms with Crippen molar-refractivity contribution in [1.82, 2.24) is 4.98 Å². The van der Waals surface area contributed by atoms with Crippen LogP contribution in [0.25, 0.3) is 0 Å². The zero-order valence-corrected chi connectivity index (χ0v) is 12.8. The summed E-state index contributed by atoms with van der Waals surface area (Å²) in [5.74, 6) is 0.260. The Balaban J connectivity index is 2.15. The molecule has 1 N–H and O–H groups in total. The Kier molecular flexibility index (Phi) is 4.49. The molecule has 0 bridgehead atoms. The van der Waals surface area contributed by atoms with Crippen molar-refractivity contribution in [3.63, 3.8) is 0 Å². The van der Waals surface area contributed by atoms with E-state index in [0.717, 1.165) is 10.0 Å². The SMILES string of the molecule is O=[N+]([O-])c1cc(Br)cnc1NCc1ccc(Br)cc1. The number of hydrogen-bond donors (Lipinski definition) is 1. The Bertz CT molecular complexity index is 602. The molecule has 1 aromatic heterocycles. The van der Waals surface area contributed by atoms with E-state index in [2.05, 4.69) is 42.2 Å². The molecule has 19 heavy (non-hydrogen) atoms. The molecular weight excluding hydrogens is 378 g/mol. The van der Waals surface area contributed by atoms with Crippen molar-refractivity contribution < 1.29 is 4.92 Å². The maximum atomic E-state index is 10.9. The van der Waals surface area contributed by atoms with Gasteiger partial charge in [-0.25, -0.2) is 4.98 Å². The number of pyridine rings is 1. The molecule has 0 aliphatic rings. The summed E-state index contributed by atoms with van der Waals surface area (Å²) in [5, 5.41) is 13.9. The molecule has 5 nitrogen and oxygen atoms in total. The number of nitrogens with zero attached hydrogens (tertiary/aromatic N) is 2. The number of anilines is 1. The second-order valence-electron chi connectivity index (χ2n) is 3.76. The van der Waals surface area contributed by atoms with E-state index < -0.39 is 4.92 Å². The lowest BCUT2D eigenvalue weighted by Crippen LogP contribution is -2.04. The van der Waals surface area contributed by atoms with E-state index >= 15 is 0 Å². The molecule has 0 atom stereocenters. The Morgan fingerprint density at radius 2 is 1.89 bits per heavy atom. The number of halogens is 2. The summed E-state index contributed by atoms with van der Waals surface area (Å²) in [7, 11) is 0. The molecule has 1 aromatic carbocycles. The van der Waals surface area contributed by atoms with Gasteiger partial charge in [0.2, 0.25) is 5.82 Å². The van der Waals surface area contributed by atoms with Gasteiger partial charge in [0.1, 0.15) is 0 Å². The number of hydrogen-bond acceptors (Lipinski definition) is 4. The summed E-state index contributed by atoms with van der Waals surface area (Å²) >= 11 is 6.52. The molecule has 0 aliphatic carbocycles. The van der Waals surface area contributed by atoms with E-state index in [1.54, 1.807) is 0 Å². The van der Waals surface area contributed by atoms with E-state index in [9.17, 15) is 10.1 Å². The average molecular weight is 387 g/mol. The minimum atomic E-state index is -0.457. The molecule has 0 radical (unpaired) electrons. The lowest BCUT2D eigenvalue weighted by atomic mass is 10.2. The van der Waals surface area contributed by atoms with Gasteiger partial charge >= 0.3 is 5.69 Å². The number of benzene rings is 1. The van der Waals surface area contributed by atoms with Crippen LogP contribution in [0.2, 0.25) is 0 Å². The van der Waals surface area contributed by atoms with Gasteiger partial charge in [-0.2, -0.15) is 0 Å². The van der Waals surface area contributed by atoms with Gasteiger partial charge in [0.15, 0.2) is 0 Å². The monoisotopic (exact) mass is 385 g/mol. The molecule has 1 heterocycles. The Hall–Kier alpha value is -1.47. The first-order valence-corrected chi connectivity index (χ1v) is 6.93. The molecule has 0 aliphatic heterocycles. The summed E-state index contributed by atoms with van der Waals surface area (Å²) in [6.07, 6.45) is 1.52. The summed E-state index contributed by atoms with van der Waals surface area (Å²) < 4.78 is 1.57. The zero-order chi connectivity index (χ0) is 13.8. The summed E-state index contributed by atoms with van der Waals surface area (Å²) in [6.45, 7) is 0.475. The maximum Gasteiger partial charge on any atom is 0.312 e. The minimum absolute atomic E-state index is 0.0495. The van der Waals surface area contributed by atoms with Crippen LogP contribution in [0.4, 0.5) is 11.5 Å². The second kappa shape index (κ2) is 6.12. The quantitative estimate of drug-likeness (QED) is 0.633. The van der Waals surface area contributed by atoms with Crippen LogP contribution in [0.5, 0.6) is 0 Å². The van der Waals surface area contributed by atoms with Crippen LogP contribution in [0, 0.1) is 10.1 Å². The van der Waals surface area contributed by atoms with Crippen molar-refractivity contribution in [2.45, 2.75) is 6.54 Å². The highest BCUT2D eigenvalue weighted by Gasteiger charge is 2.15. The highest BCUT2D eigenvalue weighted by atomic mass is 79.9. The fraction of sp³-hybridized carbons (Fsp3) is 0.0833. The molecule has 2 rings (SSSR count). The van der Waals surface area contributed by atoms with Crippen molar-refractivity contribution in [2.75, 3.05) is 5.32 Å². The largest absolute Gasteiger partial charge is 0.360 e. The third-order valence-corrected chi connectivity index (χ3v) is 3.37. The van der Waals surface area contributed by atoms with Gasteiger partial charge < -0.3 is 5.32 Å². The van der Waals surface area contributed by atoms with Gasteiger partial charge in [-0.05, 0) is 33.6 Å². The molecule has 7 heteroatoms. The lowest BCUT2D eigenvalue weighted by molar-refractivity contribution is -0.384. The predicted octanol–water partition coefficient (Wildman–Crippen LogP) is 4.13. The molecule has 0 amide bonds. The predicted molar refractivity (Wildman–Crippen MR) is 80.1 cm³/mol. The topological polar surface area (TPSA) is 68.1 Å². The standard InChI is InChI=1S/C12H9Br2N3O2/c13-9-3-1-8(2-4-9)6-15-12-11(17(18)19)5-10(14)7-16-12/h1-5,7H,6H2,(H,15,16). The van der Waals surface area contributed by atoms with Crippen molar-refractivity contribution in [1.29, 1.82) is 0 Å². The number of rotatable bonds is 4. The molecule has 0 saturated heterocycles. The van der Waals surface area contributed by atoms with Crippen LogP contribution in [0.3, 0.4) is 0 Å². The molecule has 0 fully saturated rings. The molecule has 98 valence electrons. The summed E-state index contributed by atoms with van der Waals surface area (Å²) in [5.41, 5.74) is 0.966. The van der Waals surface area contributed by atoms with Gasteiger partial charge in [-0.15, -0.1) is 0 Å². The first-order valence-electron chi connectivity index (χ1n) is 5.34. The van der Waals surface area contributed by atoms with Crippen LogP contribution < -0.4 is 5.32 Å². The number of aromatic nitrogens is 1. The van der Waals surface area contributed by atoms with E-state index in [1.165, 1.54) is 12.3 Å². The molecule has 0 spiro atoms. The summed E-state index contributed by atoms with van der Waals surface area (Å²) in [6, 6.07) is 9.13. The molecular formula is C12H9Br2N3O2. The number of nitro groups is 1. The first kappa shape index (κ1) is 14.0. The smallest absolute Gasteiger partial charge is 0.312 e.